The van der Waals surface area contributed by atoms with Crippen LogP contribution in [0.5, 0.6) is 0 Å². The Balaban J connectivity index is 1.58. The van der Waals surface area contributed by atoms with Gasteiger partial charge in [0.15, 0.2) is 12.2 Å². The lowest BCUT2D eigenvalue weighted by Gasteiger charge is -2.39. The van der Waals surface area contributed by atoms with Crippen LogP contribution in [0.2, 0.25) is 0 Å². The molecule has 162 valence electrons. The summed E-state index contributed by atoms with van der Waals surface area (Å²) < 4.78 is 1.72. The Morgan fingerprint density at radius 1 is 1.17 bits per heavy atom. The summed E-state index contributed by atoms with van der Waals surface area (Å²) in [6.07, 6.45) is 1.74. The van der Waals surface area contributed by atoms with E-state index in [1.165, 1.54) is 4.90 Å². The van der Waals surface area contributed by atoms with Crippen LogP contribution in [-0.2, 0) is 9.59 Å². The van der Waals surface area contributed by atoms with Crippen LogP contribution in [-0.4, -0.2) is 62.0 Å². The third-order valence-electron chi connectivity index (χ3n) is 5.55. The minimum atomic E-state index is -1.83. The van der Waals surface area contributed by atoms with E-state index >= 15 is 0 Å². The van der Waals surface area contributed by atoms with E-state index in [9.17, 15) is 19.8 Å². The van der Waals surface area contributed by atoms with Gasteiger partial charge in [-0.25, -0.2) is 4.68 Å². The minimum Gasteiger partial charge on any atom is -0.380 e. The molecule has 2 amide bonds. The van der Waals surface area contributed by atoms with E-state index < -0.39 is 30.1 Å². The second-order valence-electron chi connectivity index (χ2n) is 8.69. The third-order valence-corrected chi connectivity index (χ3v) is 5.55. The molecule has 1 saturated heterocycles. The molecule has 3 atom stereocenters. The summed E-state index contributed by atoms with van der Waals surface area (Å²) in [6, 6.07) is 8.87. The van der Waals surface area contributed by atoms with Crippen LogP contribution in [0.1, 0.15) is 45.2 Å². The van der Waals surface area contributed by atoms with Crippen LogP contribution >= 0.6 is 0 Å². The number of piperidine rings is 1. The summed E-state index contributed by atoms with van der Waals surface area (Å²) in [6.45, 7) is 6.90. The maximum Gasteiger partial charge on any atom is 0.254 e. The molecule has 2 aromatic rings. The van der Waals surface area contributed by atoms with Gasteiger partial charge in [-0.1, -0.05) is 26.0 Å². The van der Waals surface area contributed by atoms with Crippen LogP contribution in [0.15, 0.2) is 42.7 Å². The molecule has 30 heavy (non-hydrogen) atoms. The zero-order valence-corrected chi connectivity index (χ0v) is 17.7. The highest BCUT2D eigenvalue weighted by molar-refractivity contribution is 5.91. The van der Waals surface area contributed by atoms with Gasteiger partial charge in [-0.3, -0.25) is 9.59 Å². The number of hydrogen-bond acceptors (Lipinski definition) is 5. The van der Waals surface area contributed by atoms with Gasteiger partial charge in [0.1, 0.15) is 0 Å². The van der Waals surface area contributed by atoms with Crippen LogP contribution in [0, 0.1) is 5.41 Å². The molecule has 3 rings (SSSR count). The summed E-state index contributed by atoms with van der Waals surface area (Å²) in [5.74, 6) is -1.39. The van der Waals surface area contributed by atoms with Crippen molar-refractivity contribution in [2.24, 2.45) is 5.41 Å². The maximum atomic E-state index is 12.6. The topological polar surface area (TPSA) is 108 Å². The summed E-state index contributed by atoms with van der Waals surface area (Å²) in [7, 11) is 0. The number of benzene rings is 1. The fourth-order valence-corrected chi connectivity index (χ4v) is 3.80. The molecule has 2 heterocycles. The number of likely N-dealkylation sites (tertiary alicyclic amines) is 1. The van der Waals surface area contributed by atoms with Crippen molar-refractivity contribution in [1.82, 2.24) is 20.0 Å². The second-order valence-corrected chi connectivity index (χ2v) is 8.69. The number of aliphatic hydroxyl groups is 2. The van der Waals surface area contributed by atoms with Crippen LogP contribution in [0.3, 0.4) is 0 Å². The zero-order chi connectivity index (χ0) is 21.9. The maximum absolute atomic E-state index is 12.6. The molecule has 1 aliphatic heterocycles. The van der Waals surface area contributed by atoms with E-state index in [1.807, 2.05) is 36.5 Å². The van der Waals surface area contributed by atoms with Crippen molar-refractivity contribution in [3.8, 4) is 5.69 Å². The van der Waals surface area contributed by atoms with E-state index in [0.717, 1.165) is 24.1 Å². The Morgan fingerprint density at radius 3 is 2.47 bits per heavy atom. The number of aromatic nitrogens is 2. The lowest BCUT2D eigenvalue weighted by molar-refractivity contribution is -0.155. The predicted octanol–water partition coefficient (Wildman–Crippen LogP) is 1.42. The molecular formula is C22H30N4O4. The summed E-state index contributed by atoms with van der Waals surface area (Å²) >= 11 is 0. The zero-order valence-electron chi connectivity index (χ0n) is 17.7. The van der Waals surface area contributed by atoms with Gasteiger partial charge >= 0.3 is 0 Å². The van der Waals surface area contributed by atoms with E-state index in [0.29, 0.717) is 13.1 Å². The molecule has 1 aromatic carbocycles. The van der Waals surface area contributed by atoms with Crippen molar-refractivity contribution in [1.29, 1.82) is 0 Å². The highest BCUT2D eigenvalue weighted by atomic mass is 16.3. The smallest absolute Gasteiger partial charge is 0.254 e. The highest BCUT2D eigenvalue weighted by Crippen LogP contribution is 2.28. The van der Waals surface area contributed by atoms with E-state index in [4.69, 9.17) is 0 Å². The highest BCUT2D eigenvalue weighted by Gasteiger charge is 2.37. The third kappa shape index (κ3) is 5.06. The van der Waals surface area contributed by atoms with Crippen LogP contribution in [0.4, 0.5) is 0 Å². The van der Waals surface area contributed by atoms with Crippen molar-refractivity contribution in [3.63, 3.8) is 0 Å². The number of aliphatic hydroxyl groups excluding tert-OH is 2. The lowest BCUT2D eigenvalue weighted by atomic mass is 9.84. The first kappa shape index (κ1) is 22.0. The van der Waals surface area contributed by atoms with Gasteiger partial charge in [-0.15, -0.1) is 0 Å². The number of carbonyl (C=O) groups is 2. The SMILES string of the molecule is C[C@@H](NC(=O)[C@H](O)[C@@H](O)C(=O)N1CCCC(C)(C)C1)c1ccc(-n2cccn2)cc1. The average Bonchev–Trinajstić information content (AvgIpc) is 3.26. The van der Waals surface area contributed by atoms with Crippen molar-refractivity contribution in [2.45, 2.75) is 51.9 Å². The minimum absolute atomic E-state index is 0.0440. The lowest BCUT2D eigenvalue weighted by Crippen LogP contribution is -2.54. The van der Waals surface area contributed by atoms with Gasteiger partial charge in [0.25, 0.3) is 11.8 Å². The number of nitrogens with one attached hydrogen (secondary N) is 1. The van der Waals surface area contributed by atoms with Crippen molar-refractivity contribution in [2.75, 3.05) is 13.1 Å². The molecule has 0 bridgehead atoms. The Labute approximate surface area is 176 Å². The molecular weight excluding hydrogens is 384 g/mol. The van der Waals surface area contributed by atoms with Gasteiger partial charge in [0, 0.05) is 25.5 Å². The molecule has 8 heteroatoms. The first-order chi connectivity index (χ1) is 14.2. The normalized spacial score (nSPS) is 19.0. The van der Waals surface area contributed by atoms with Crippen molar-refractivity contribution >= 4 is 11.8 Å². The number of hydrogen-bond donors (Lipinski definition) is 3. The molecule has 1 fully saturated rings. The number of amides is 2. The van der Waals surface area contributed by atoms with Crippen LogP contribution in [0.25, 0.3) is 5.69 Å². The molecule has 0 aliphatic carbocycles. The Bertz CT molecular complexity index is 864. The molecule has 0 saturated carbocycles. The monoisotopic (exact) mass is 414 g/mol. The largest absolute Gasteiger partial charge is 0.380 e. The molecule has 0 spiro atoms. The summed E-state index contributed by atoms with van der Waals surface area (Å²) in [5.41, 5.74) is 1.66. The first-order valence-corrected chi connectivity index (χ1v) is 10.2. The molecule has 1 aliphatic rings. The molecule has 1 aromatic heterocycles. The van der Waals surface area contributed by atoms with Crippen molar-refractivity contribution in [3.05, 3.63) is 48.3 Å². The summed E-state index contributed by atoms with van der Waals surface area (Å²) in [4.78, 5) is 26.5. The van der Waals surface area contributed by atoms with E-state index in [2.05, 4.69) is 24.3 Å². The average molecular weight is 415 g/mol. The molecule has 3 N–H and O–H groups in total. The Kier molecular flexibility index (Phi) is 6.58. The van der Waals surface area contributed by atoms with Gasteiger partial charge < -0.3 is 20.4 Å². The van der Waals surface area contributed by atoms with Crippen LogP contribution < -0.4 is 5.32 Å². The molecule has 0 radical (unpaired) electrons. The standard InChI is InChI=1S/C22H30N4O4/c1-15(16-6-8-17(9-7-16)26-13-5-11-23-26)24-20(29)18(27)19(28)21(30)25-12-4-10-22(2,3)14-25/h5-9,11,13,15,18-19,27-28H,4,10,12,14H2,1-3H3,(H,24,29)/t15-,18-,19-/m1/s1. The second kappa shape index (κ2) is 8.97. The molecule has 8 nitrogen and oxygen atoms in total. The van der Waals surface area contributed by atoms with Gasteiger partial charge in [0.2, 0.25) is 0 Å². The van der Waals surface area contributed by atoms with Gasteiger partial charge in [-0.2, -0.15) is 5.10 Å². The fourth-order valence-electron chi connectivity index (χ4n) is 3.80. The number of rotatable bonds is 6. The van der Waals surface area contributed by atoms with E-state index in [-0.39, 0.29) is 5.41 Å². The van der Waals surface area contributed by atoms with Gasteiger partial charge in [-0.05, 0) is 48.9 Å². The quantitative estimate of drug-likeness (QED) is 0.663. The fraction of sp³-hybridized carbons (Fsp3) is 0.500. The Morgan fingerprint density at radius 2 is 1.87 bits per heavy atom. The van der Waals surface area contributed by atoms with Crippen molar-refractivity contribution < 1.29 is 19.8 Å². The predicted molar refractivity (Wildman–Crippen MR) is 112 cm³/mol. The Hall–Kier alpha value is -2.71. The van der Waals surface area contributed by atoms with E-state index in [1.54, 1.807) is 17.8 Å². The molecule has 0 unspecified atom stereocenters. The number of carbonyl (C=O) groups excluding carboxylic acids is 2. The number of nitrogens with zero attached hydrogens (tertiary/aromatic N) is 3. The van der Waals surface area contributed by atoms with Gasteiger partial charge in [0.05, 0.1) is 11.7 Å². The first-order valence-electron chi connectivity index (χ1n) is 10.2. The summed E-state index contributed by atoms with van der Waals surface area (Å²) in [5, 5.41) is 27.4.